The van der Waals surface area contributed by atoms with E-state index < -0.39 is 11.9 Å². The van der Waals surface area contributed by atoms with Gasteiger partial charge in [0.2, 0.25) is 0 Å². The van der Waals surface area contributed by atoms with E-state index in [9.17, 15) is 9.59 Å². The molecule has 2 rings (SSSR count). The lowest BCUT2D eigenvalue weighted by Gasteiger charge is -2.25. The van der Waals surface area contributed by atoms with Gasteiger partial charge in [-0.2, -0.15) is 0 Å². The molecule has 0 saturated heterocycles. The molecule has 132 valence electrons. The molecular formula is C19H21NO5. The Morgan fingerprint density at radius 1 is 1.04 bits per heavy atom. The maximum Gasteiger partial charge on any atom is 0.355 e. The number of hydrogen-bond donors (Lipinski definition) is 0. The zero-order valence-corrected chi connectivity index (χ0v) is 14.5. The Morgan fingerprint density at radius 2 is 1.76 bits per heavy atom. The molecule has 0 unspecified atom stereocenters. The number of benzene rings is 1. The van der Waals surface area contributed by atoms with Gasteiger partial charge in [0.25, 0.3) is 0 Å². The maximum atomic E-state index is 12.4. The molecule has 0 spiro atoms. The van der Waals surface area contributed by atoms with Crippen molar-refractivity contribution >= 4 is 17.6 Å². The van der Waals surface area contributed by atoms with Gasteiger partial charge in [-0.3, -0.25) is 0 Å². The molecule has 1 aromatic carbocycles. The average molecular weight is 343 g/mol. The maximum absolute atomic E-state index is 12.4. The predicted molar refractivity (Wildman–Crippen MR) is 94.0 cm³/mol. The number of methoxy groups -OCH3 is 2. The third-order valence-electron chi connectivity index (χ3n) is 3.48. The van der Waals surface area contributed by atoms with Crippen LogP contribution in [0.4, 0.5) is 5.69 Å². The number of hydrogen-bond acceptors (Lipinski definition) is 6. The number of esters is 2. The van der Waals surface area contributed by atoms with Gasteiger partial charge in [0.15, 0.2) is 0 Å². The second-order valence-corrected chi connectivity index (χ2v) is 5.13. The Labute approximate surface area is 147 Å². The van der Waals surface area contributed by atoms with Crippen molar-refractivity contribution in [2.75, 3.05) is 25.7 Å². The van der Waals surface area contributed by atoms with Gasteiger partial charge in [-0.05, 0) is 30.7 Å². The minimum Gasteiger partial charge on any atom is -0.491 e. The highest BCUT2D eigenvalue weighted by Gasteiger charge is 2.28. The topological polar surface area (TPSA) is 65.1 Å². The van der Waals surface area contributed by atoms with Crippen LogP contribution in [0.15, 0.2) is 60.0 Å². The molecule has 0 fully saturated rings. The lowest BCUT2D eigenvalue weighted by Crippen LogP contribution is -2.27. The summed E-state index contributed by atoms with van der Waals surface area (Å²) in [5.74, 6) is -0.680. The normalized spacial score (nSPS) is 13.5. The SMILES string of the molecule is CCCOc1ccccc1N1C=CC=CC(C(=O)OC)=C1C(=O)OC. The molecule has 0 aromatic heterocycles. The fourth-order valence-corrected chi connectivity index (χ4v) is 2.34. The Morgan fingerprint density at radius 3 is 2.44 bits per heavy atom. The lowest BCUT2D eigenvalue weighted by atomic mass is 10.1. The summed E-state index contributed by atoms with van der Waals surface area (Å²) in [4.78, 5) is 26.2. The Kier molecular flexibility index (Phi) is 6.39. The van der Waals surface area contributed by atoms with Gasteiger partial charge in [-0.25, -0.2) is 9.59 Å². The van der Waals surface area contributed by atoms with Crippen LogP contribution in [0.25, 0.3) is 0 Å². The van der Waals surface area contributed by atoms with Crippen molar-refractivity contribution in [2.24, 2.45) is 0 Å². The summed E-state index contributed by atoms with van der Waals surface area (Å²) in [6, 6.07) is 7.28. The lowest BCUT2D eigenvalue weighted by molar-refractivity contribution is -0.139. The van der Waals surface area contributed by atoms with Crippen LogP contribution in [-0.4, -0.2) is 32.8 Å². The van der Waals surface area contributed by atoms with Gasteiger partial charge in [0.05, 0.1) is 32.1 Å². The van der Waals surface area contributed by atoms with Crippen LogP contribution in [0.3, 0.4) is 0 Å². The summed E-state index contributed by atoms with van der Waals surface area (Å²) in [5.41, 5.74) is 0.786. The molecule has 25 heavy (non-hydrogen) atoms. The number of carbonyl (C=O) groups is 2. The summed E-state index contributed by atoms with van der Waals surface area (Å²) >= 11 is 0. The van der Waals surface area contributed by atoms with Crippen molar-refractivity contribution in [3.8, 4) is 5.75 Å². The van der Waals surface area contributed by atoms with Crippen LogP contribution in [0.5, 0.6) is 5.75 Å². The summed E-state index contributed by atoms with van der Waals surface area (Å²) in [7, 11) is 2.53. The van der Waals surface area contributed by atoms with Gasteiger partial charge in [0.1, 0.15) is 11.4 Å². The molecule has 1 aliphatic rings. The molecule has 1 heterocycles. The standard InChI is InChI=1S/C19H21NO5/c1-4-13-25-16-11-6-5-10-15(16)20-12-8-7-9-14(18(21)23-2)17(20)19(22)24-3/h5-12H,4,13H2,1-3H3. The molecular weight excluding hydrogens is 322 g/mol. The third-order valence-corrected chi connectivity index (χ3v) is 3.48. The molecule has 0 aliphatic carbocycles. The number of nitrogens with zero attached hydrogens (tertiary/aromatic N) is 1. The van der Waals surface area contributed by atoms with Crippen molar-refractivity contribution in [2.45, 2.75) is 13.3 Å². The van der Waals surface area contributed by atoms with Crippen LogP contribution in [0.2, 0.25) is 0 Å². The largest absolute Gasteiger partial charge is 0.491 e. The molecule has 1 aromatic rings. The molecule has 6 nitrogen and oxygen atoms in total. The zero-order chi connectivity index (χ0) is 18.2. The molecule has 1 aliphatic heterocycles. The van der Waals surface area contributed by atoms with E-state index in [0.29, 0.717) is 18.0 Å². The number of allylic oxidation sites excluding steroid dienone is 2. The van der Waals surface area contributed by atoms with Crippen molar-refractivity contribution in [3.63, 3.8) is 0 Å². The van der Waals surface area contributed by atoms with Crippen LogP contribution < -0.4 is 9.64 Å². The van der Waals surface area contributed by atoms with Crippen molar-refractivity contribution < 1.29 is 23.8 Å². The van der Waals surface area contributed by atoms with Gasteiger partial charge >= 0.3 is 11.9 Å². The number of anilines is 1. The number of carbonyl (C=O) groups excluding carboxylic acids is 2. The van der Waals surface area contributed by atoms with Gasteiger partial charge in [-0.15, -0.1) is 0 Å². The van der Waals surface area contributed by atoms with Crippen LogP contribution in [0.1, 0.15) is 13.3 Å². The van der Waals surface area contributed by atoms with Crippen LogP contribution in [-0.2, 0) is 19.1 Å². The van der Waals surface area contributed by atoms with E-state index in [0.717, 1.165) is 6.42 Å². The highest BCUT2D eigenvalue weighted by Crippen LogP contribution is 2.33. The fourth-order valence-electron chi connectivity index (χ4n) is 2.34. The molecule has 0 saturated carbocycles. The second-order valence-electron chi connectivity index (χ2n) is 5.13. The van der Waals surface area contributed by atoms with E-state index in [1.54, 1.807) is 29.3 Å². The molecule has 6 heteroatoms. The predicted octanol–water partition coefficient (Wildman–Crippen LogP) is 2.97. The first-order valence-electron chi connectivity index (χ1n) is 7.90. The first-order valence-corrected chi connectivity index (χ1v) is 7.90. The van der Waals surface area contributed by atoms with E-state index in [4.69, 9.17) is 14.2 Å². The quantitative estimate of drug-likeness (QED) is 0.740. The average Bonchev–Trinajstić information content (AvgIpc) is 2.88. The van der Waals surface area contributed by atoms with Crippen LogP contribution >= 0.6 is 0 Å². The van der Waals surface area contributed by atoms with E-state index in [2.05, 4.69) is 0 Å². The highest BCUT2D eigenvalue weighted by molar-refractivity contribution is 6.05. The third kappa shape index (κ3) is 4.09. The molecule has 0 bridgehead atoms. The summed E-state index contributed by atoms with van der Waals surface area (Å²) in [6.45, 7) is 2.54. The highest BCUT2D eigenvalue weighted by atomic mass is 16.5. The molecule has 0 atom stereocenters. The Balaban J connectivity index is 2.61. The van der Waals surface area contributed by atoms with Crippen molar-refractivity contribution in [3.05, 3.63) is 60.0 Å². The minimum atomic E-state index is -0.651. The summed E-state index contributed by atoms with van der Waals surface area (Å²) in [5, 5.41) is 0. The Hall–Kier alpha value is -3.02. The van der Waals surface area contributed by atoms with E-state index in [1.807, 2.05) is 25.1 Å². The van der Waals surface area contributed by atoms with E-state index >= 15 is 0 Å². The van der Waals surface area contributed by atoms with E-state index in [1.165, 1.54) is 20.3 Å². The first kappa shape index (κ1) is 18.3. The van der Waals surface area contributed by atoms with Gasteiger partial charge in [0, 0.05) is 6.20 Å². The van der Waals surface area contributed by atoms with Gasteiger partial charge in [-0.1, -0.05) is 25.1 Å². The van der Waals surface area contributed by atoms with Crippen molar-refractivity contribution in [1.82, 2.24) is 0 Å². The molecule has 0 radical (unpaired) electrons. The molecule has 0 amide bonds. The van der Waals surface area contributed by atoms with Crippen LogP contribution in [0, 0.1) is 0 Å². The zero-order valence-electron chi connectivity index (χ0n) is 14.5. The number of para-hydroxylation sites is 2. The second kappa shape index (κ2) is 8.73. The summed E-state index contributed by atoms with van der Waals surface area (Å²) < 4.78 is 15.5. The van der Waals surface area contributed by atoms with Gasteiger partial charge < -0.3 is 19.1 Å². The fraction of sp³-hybridized carbons (Fsp3) is 0.263. The van der Waals surface area contributed by atoms with Crippen molar-refractivity contribution in [1.29, 1.82) is 0 Å². The summed E-state index contributed by atoms with van der Waals surface area (Å²) in [6.07, 6.45) is 7.41. The number of rotatable bonds is 6. The monoisotopic (exact) mass is 343 g/mol. The first-order chi connectivity index (χ1) is 12.1. The van der Waals surface area contributed by atoms with E-state index in [-0.39, 0.29) is 11.3 Å². The smallest absolute Gasteiger partial charge is 0.355 e. The molecule has 0 N–H and O–H groups in total. The number of ether oxygens (including phenoxy) is 3. The minimum absolute atomic E-state index is 0.0619. The Bertz CT molecular complexity index is 733.